The van der Waals surface area contributed by atoms with Gasteiger partial charge in [0, 0.05) is 24.1 Å². The summed E-state index contributed by atoms with van der Waals surface area (Å²) in [5.41, 5.74) is 11.0. The molecular formula is C55H60N6O6S. The van der Waals surface area contributed by atoms with E-state index in [0.29, 0.717) is 50.3 Å². The molecule has 4 aromatic carbocycles. The lowest BCUT2D eigenvalue weighted by molar-refractivity contribution is -0.144. The largest absolute Gasteiger partial charge is 0.493 e. The number of fused-ring (bicyclic) bond motifs is 3. The summed E-state index contributed by atoms with van der Waals surface area (Å²) < 4.78 is 12.1. The lowest BCUT2D eigenvalue weighted by Gasteiger charge is -2.35. The van der Waals surface area contributed by atoms with E-state index in [-0.39, 0.29) is 42.5 Å². The summed E-state index contributed by atoms with van der Waals surface area (Å²) in [5.74, 6) is 0.412. The number of hydrogen-bond donors (Lipinski definition) is 3. The molecule has 0 spiro atoms. The number of anilines is 1. The van der Waals surface area contributed by atoms with Gasteiger partial charge in [-0.25, -0.2) is 9.97 Å². The molecular weight excluding hydrogens is 873 g/mol. The van der Waals surface area contributed by atoms with Gasteiger partial charge in [0.2, 0.25) is 23.6 Å². The first-order valence-corrected chi connectivity index (χ1v) is 24.4. The standard InChI is InChI=1S/C55H60N6O6S/c1-34(36-22-24-38(25-23-36)51-35(2)56-33-68-51)57-53(64)45-20-15-28-61(45)54(65)52(55(3,4)5)60-48(62)21-11-8-14-29-67-46-27-26-39(30-47(46)66-6)41-31-44(37-16-9-7-10-17-37)59-50-40-18-12-13-19-43(40)58-49(63)32-42(41)50/h7,9-10,12-13,16-19,22-27,30-31,33-34,45,52H,8,11,14-15,20-21,28-29,32H2,1-6H3,(H,57,64)(H,58,63)(H,60,62). The van der Waals surface area contributed by atoms with E-state index in [0.717, 1.165) is 73.0 Å². The Labute approximate surface area is 402 Å². The summed E-state index contributed by atoms with van der Waals surface area (Å²) in [6.45, 7) is 10.6. The number of nitrogens with zero attached hydrogens (tertiary/aromatic N) is 3. The Hall–Kier alpha value is -6.86. The highest BCUT2D eigenvalue weighted by Crippen LogP contribution is 2.42. The van der Waals surface area contributed by atoms with Gasteiger partial charge in [0.05, 0.1) is 59.3 Å². The van der Waals surface area contributed by atoms with Crippen molar-refractivity contribution < 1.29 is 28.7 Å². The third-order valence-corrected chi connectivity index (χ3v) is 13.8. The van der Waals surface area contributed by atoms with Crippen molar-refractivity contribution in [1.29, 1.82) is 0 Å². The zero-order valence-corrected chi connectivity index (χ0v) is 40.5. The fourth-order valence-electron chi connectivity index (χ4n) is 9.09. The van der Waals surface area contributed by atoms with Gasteiger partial charge in [-0.2, -0.15) is 0 Å². The Morgan fingerprint density at radius 2 is 1.62 bits per heavy atom. The molecule has 1 fully saturated rings. The number of unbranched alkanes of at least 4 members (excludes halogenated alkanes) is 2. The maximum atomic E-state index is 14.2. The van der Waals surface area contributed by atoms with E-state index >= 15 is 0 Å². The van der Waals surface area contributed by atoms with Gasteiger partial charge in [0.25, 0.3) is 0 Å². The lowest BCUT2D eigenvalue weighted by Crippen LogP contribution is -2.57. The van der Waals surface area contributed by atoms with Gasteiger partial charge in [-0.3, -0.25) is 19.2 Å². The van der Waals surface area contributed by atoms with Crippen LogP contribution in [0.1, 0.15) is 89.1 Å². The van der Waals surface area contributed by atoms with Crippen LogP contribution in [0.5, 0.6) is 11.5 Å². The number of benzene rings is 4. The molecule has 8 rings (SSSR count). The number of carbonyl (C=O) groups excluding carboxylic acids is 4. The molecule has 2 aliphatic rings. The average molecular weight is 933 g/mol. The van der Waals surface area contributed by atoms with Crippen molar-refractivity contribution in [2.24, 2.45) is 5.41 Å². The van der Waals surface area contributed by atoms with Crippen LogP contribution in [0, 0.1) is 12.3 Å². The number of hydrogen-bond acceptors (Lipinski definition) is 9. The Balaban J connectivity index is 0.852. The third kappa shape index (κ3) is 10.8. The SMILES string of the molecule is COc1cc(-c2cc(-c3ccccc3)nc3c2CC(=O)Nc2ccccc2-3)ccc1OCCCCCC(=O)NC(C(=O)N1CCCC1C(=O)NC(C)c1ccc(-c2scnc2C)cc1)C(C)(C)C. The summed E-state index contributed by atoms with van der Waals surface area (Å²) in [7, 11) is 1.61. The minimum atomic E-state index is -0.790. The maximum absolute atomic E-state index is 14.2. The molecule has 3 N–H and O–H groups in total. The van der Waals surface area contributed by atoms with Crippen molar-refractivity contribution in [2.75, 3.05) is 25.6 Å². The molecule has 1 saturated heterocycles. The molecule has 0 bridgehead atoms. The topological polar surface area (TPSA) is 152 Å². The van der Waals surface area contributed by atoms with Crippen molar-refractivity contribution in [3.8, 4) is 55.6 Å². The lowest BCUT2D eigenvalue weighted by atomic mass is 9.85. The molecule has 3 unspecified atom stereocenters. The van der Waals surface area contributed by atoms with E-state index in [2.05, 4.69) is 20.9 Å². The van der Waals surface area contributed by atoms with Crippen LogP contribution in [0.25, 0.3) is 44.1 Å². The van der Waals surface area contributed by atoms with Crippen LogP contribution in [0.2, 0.25) is 0 Å². The normalized spacial score (nSPS) is 15.3. The number of likely N-dealkylation sites (tertiary alicyclic amines) is 1. The first kappa shape index (κ1) is 47.6. The van der Waals surface area contributed by atoms with Crippen LogP contribution in [-0.4, -0.2) is 70.8 Å². The molecule has 2 aliphatic heterocycles. The van der Waals surface area contributed by atoms with E-state index in [1.165, 1.54) is 0 Å². The zero-order valence-electron chi connectivity index (χ0n) is 39.7. The van der Waals surface area contributed by atoms with E-state index < -0.39 is 17.5 Å². The Kier molecular flexibility index (Phi) is 14.7. The second kappa shape index (κ2) is 21.0. The number of thiazole rings is 1. The molecule has 352 valence electrons. The monoisotopic (exact) mass is 932 g/mol. The minimum Gasteiger partial charge on any atom is -0.493 e. The van der Waals surface area contributed by atoms with Crippen LogP contribution in [0.15, 0.2) is 109 Å². The van der Waals surface area contributed by atoms with E-state index in [1.54, 1.807) is 23.3 Å². The number of nitrogens with one attached hydrogen (secondary N) is 3. The number of carbonyl (C=O) groups is 4. The Bertz CT molecular complexity index is 2780. The van der Waals surface area contributed by atoms with Gasteiger partial charge in [-0.05, 0) is 103 Å². The average Bonchev–Trinajstić information content (AvgIpc) is 3.98. The predicted octanol–water partition coefficient (Wildman–Crippen LogP) is 10.4. The fourth-order valence-corrected chi connectivity index (χ4v) is 9.90. The maximum Gasteiger partial charge on any atom is 0.246 e. The van der Waals surface area contributed by atoms with Crippen LogP contribution < -0.4 is 25.4 Å². The number of para-hydroxylation sites is 1. The molecule has 2 aromatic heterocycles. The first-order valence-electron chi connectivity index (χ1n) is 23.5. The molecule has 12 nitrogen and oxygen atoms in total. The van der Waals surface area contributed by atoms with Crippen LogP contribution in [0.4, 0.5) is 5.69 Å². The van der Waals surface area contributed by atoms with Gasteiger partial charge >= 0.3 is 0 Å². The number of aryl methyl sites for hydroxylation is 1. The van der Waals surface area contributed by atoms with E-state index in [4.69, 9.17) is 14.5 Å². The number of aromatic nitrogens is 2. The first-order chi connectivity index (χ1) is 32.8. The van der Waals surface area contributed by atoms with Gasteiger partial charge in [0.1, 0.15) is 12.1 Å². The second-order valence-electron chi connectivity index (χ2n) is 18.7. The molecule has 0 aliphatic carbocycles. The molecule has 4 amide bonds. The summed E-state index contributed by atoms with van der Waals surface area (Å²) in [5, 5.41) is 9.23. The zero-order chi connectivity index (χ0) is 48.0. The van der Waals surface area contributed by atoms with Gasteiger partial charge in [0.15, 0.2) is 11.5 Å². The van der Waals surface area contributed by atoms with Crippen LogP contribution in [0.3, 0.4) is 0 Å². The van der Waals surface area contributed by atoms with E-state index in [9.17, 15) is 19.2 Å². The molecule has 13 heteroatoms. The summed E-state index contributed by atoms with van der Waals surface area (Å²) in [6.07, 6.45) is 3.74. The highest BCUT2D eigenvalue weighted by molar-refractivity contribution is 7.13. The molecule has 0 saturated carbocycles. The van der Waals surface area contributed by atoms with E-state index in [1.807, 2.05) is 143 Å². The Morgan fingerprint density at radius 1 is 0.868 bits per heavy atom. The number of methoxy groups -OCH3 is 1. The Morgan fingerprint density at radius 3 is 2.35 bits per heavy atom. The second-order valence-corrected chi connectivity index (χ2v) is 19.6. The molecule has 4 heterocycles. The number of ether oxygens (including phenoxy) is 2. The molecule has 6 aromatic rings. The van der Waals surface area contributed by atoms with Crippen molar-refractivity contribution in [1.82, 2.24) is 25.5 Å². The number of rotatable bonds is 16. The highest BCUT2D eigenvalue weighted by atomic mass is 32.1. The van der Waals surface area contributed by atoms with Crippen LogP contribution in [-0.2, 0) is 25.6 Å². The number of pyridine rings is 1. The minimum absolute atomic E-state index is 0.109. The van der Waals surface area contributed by atoms with Gasteiger partial charge in [-0.15, -0.1) is 11.3 Å². The summed E-state index contributed by atoms with van der Waals surface area (Å²) >= 11 is 1.60. The molecule has 0 radical (unpaired) electrons. The molecule has 3 atom stereocenters. The predicted molar refractivity (Wildman–Crippen MR) is 268 cm³/mol. The number of amides is 4. The van der Waals surface area contributed by atoms with Crippen LogP contribution >= 0.6 is 11.3 Å². The van der Waals surface area contributed by atoms with Gasteiger partial charge < -0.3 is 30.3 Å². The summed E-state index contributed by atoms with van der Waals surface area (Å²) in [6, 6.07) is 32.1. The molecule has 68 heavy (non-hydrogen) atoms. The third-order valence-electron chi connectivity index (χ3n) is 12.8. The highest BCUT2D eigenvalue weighted by Gasteiger charge is 2.42. The smallest absolute Gasteiger partial charge is 0.246 e. The van der Waals surface area contributed by atoms with Crippen molar-refractivity contribution in [2.45, 2.75) is 97.7 Å². The van der Waals surface area contributed by atoms with Crippen molar-refractivity contribution in [3.05, 3.63) is 125 Å². The van der Waals surface area contributed by atoms with Crippen molar-refractivity contribution >= 4 is 40.7 Å². The summed E-state index contributed by atoms with van der Waals surface area (Å²) in [4.78, 5) is 66.7. The quantitative estimate of drug-likeness (QED) is 0.0812. The fraction of sp³-hybridized carbons (Fsp3) is 0.345. The van der Waals surface area contributed by atoms with Crippen molar-refractivity contribution in [3.63, 3.8) is 0 Å². The van der Waals surface area contributed by atoms with Gasteiger partial charge in [-0.1, -0.05) is 99.6 Å².